The first-order chi connectivity index (χ1) is 10.1. The number of nitrogens with one attached hydrogen (secondary N) is 1. The third kappa shape index (κ3) is 3.92. The summed E-state index contributed by atoms with van der Waals surface area (Å²) in [4.78, 5) is 14.2. The first-order valence-electron chi connectivity index (χ1n) is 7.23. The van der Waals surface area contributed by atoms with Gasteiger partial charge in [0.05, 0.1) is 6.61 Å². The molecule has 2 N–H and O–H groups in total. The van der Waals surface area contributed by atoms with Crippen molar-refractivity contribution in [1.82, 2.24) is 10.2 Å². The van der Waals surface area contributed by atoms with Crippen LogP contribution in [0.5, 0.6) is 5.75 Å². The van der Waals surface area contributed by atoms with Crippen LogP contribution in [-0.4, -0.2) is 48.8 Å². The van der Waals surface area contributed by atoms with Gasteiger partial charge < -0.3 is 15.2 Å². The highest BCUT2D eigenvalue weighted by molar-refractivity contribution is 5.78. The van der Waals surface area contributed by atoms with Gasteiger partial charge in [-0.2, -0.15) is 0 Å². The van der Waals surface area contributed by atoms with Gasteiger partial charge in [0.25, 0.3) is 0 Å². The Bertz CT molecular complexity index is 488. The number of phenolic OH excluding ortho intramolecular Hbond substituents is 1. The average molecular weight is 296 g/mol. The van der Waals surface area contributed by atoms with Crippen LogP contribution in [0.1, 0.15) is 24.9 Å². The molecule has 0 bridgehead atoms. The molecule has 1 aliphatic rings. The van der Waals surface area contributed by atoms with E-state index in [2.05, 4.69) is 5.32 Å². The van der Waals surface area contributed by atoms with Crippen molar-refractivity contribution in [2.45, 2.75) is 19.4 Å². The Morgan fingerprint density at radius 1 is 1.48 bits per heavy atom. The minimum absolute atomic E-state index is 0.0911. The highest BCUT2D eigenvalue weighted by Gasteiger charge is 2.31. The van der Waals surface area contributed by atoms with Crippen molar-refractivity contribution in [3.8, 4) is 5.75 Å². The number of rotatable bonds is 4. The normalized spacial score (nSPS) is 18.0. The summed E-state index contributed by atoms with van der Waals surface area (Å²) in [6.45, 7) is 4.92. The molecule has 1 aromatic carbocycles. The summed E-state index contributed by atoms with van der Waals surface area (Å²) in [7, 11) is 0. The molecule has 21 heavy (non-hydrogen) atoms. The maximum Gasteiger partial charge on any atom is 0.328 e. The summed E-state index contributed by atoms with van der Waals surface area (Å²) in [5.74, 6) is -1.03. The molecule has 1 unspecified atom stereocenters. The fraction of sp³-hybridized carbons (Fsp3) is 0.533. The van der Waals surface area contributed by atoms with Crippen LogP contribution in [0.15, 0.2) is 18.2 Å². The second-order valence-corrected chi connectivity index (χ2v) is 5.00. The van der Waals surface area contributed by atoms with Gasteiger partial charge in [-0.15, -0.1) is 0 Å². The molecule has 2 rings (SSSR count). The van der Waals surface area contributed by atoms with Gasteiger partial charge in [-0.1, -0.05) is 0 Å². The molecule has 5 nitrogen and oxygen atoms in total. The molecule has 1 saturated heterocycles. The number of benzene rings is 1. The van der Waals surface area contributed by atoms with Gasteiger partial charge in [0.1, 0.15) is 17.6 Å². The monoisotopic (exact) mass is 296 g/mol. The predicted octanol–water partition coefficient (Wildman–Crippen LogP) is 1.43. The number of esters is 1. The van der Waals surface area contributed by atoms with Crippen LogP contribution in [0.25, 0.3) is 0 Å². The molecule has 0 saturated carbocycles. The fourth-order valence-electron chi connectivity index (χ4n) is 2.56. The molecule has 0 spiro atoms. The Labute approximate surface area is 123 Å². The second kappa shape index (κ2) is 7.38. The topological polar surface area (TPSA) is 61.8 Å². The first kappa shape index (κ1) is 15.7. The van der Waals surface area contributed by atoms with E-state index < -0.39 is 17.8 Å². The molecule has 1 atom stereocenters. The van der Waals surface area contributed by atoms with Crippen LogP contribution >= 0.6 is 0 Å². The van der Waals surface area contributed by atoms with Crippen molar-refractivity contribution in [1.29, 1.82) is 0 Å². The van der Waals surface area contributed by atoms with E-state index in [1.165, 1.54) is 18.2 Å². The largest absolute Gasteiger partial charge is 0.508 e. The number of carbonyl (C=O) groups excluding carboxylic acids is 1. The molecule has 116 valence electrons. The number of halogens is 1. The Morgan fingerprint density at radius 2 is 2.29 bits per heavy atom. The SMILES string of the molecule is CCOC(=O)C(c1cc(F)ccc1O)N1CCCNCC1. The molecule has 0 amide bonds. The van der Waals surface area contributed by atoms with E-state index in [4.69, 9.17) is 4.74 Å². The van der Waals surface area contributed by atoms with E-state index in [-0.39, 0.29) is 17.9 Å². The average Bonchev–Trinajstić information content (AvgIpc) is 2.72. The molecule has 6 heteroatoms. The lowest BCUT2D eigenvalue weighted by atomic mass is 10.0. The number of hydrogen-bond acceptors (Lipinski definition) is 5. The third-order valence-electron chi connectivity index (χ3n) is 3.53. The maximum absolute atomic E-state index is 13.5. The zero-order valence-electron chi connectivity index (χ0n) is 12.1. The smallest absolute Gasteiger partial charge is 0.328 e. The van der Waals surface area contributed by atoms with E-state index in [1.807, 2.05) is 4.90 Å². The molecular weight excluding hydrogens is 275 g/mol. The Hall–Kier alpha value is -1.66. The van der Waals surface area contributed by atoms with E-state index in [0.717, 1.165) is 19.5 Å². The van der Waals surface area contributed by atoms with Crippen molar-refractivity contribution in [2.24, 2.45) is 0 Å². The highest BCUT2D eigenvalue weighted by Crippen LogP contribution is 2.31. The molecule has 0 aliphatic carbocycles. The Kier molecular flexibility index (Phi) is 5.52. The zero-order chi connectivity index (χ0) is 15.2. The number of hydrogen-bond donors (Lipinski definition) is 2. The van der Waals surface area contributed by atoms with Crippen molar-refractivity contribution in [3.63, 3.8) is 0 Å². The van der Waals surface area contributed by atoms with E-state index in [9.17, 15) is 14.3 Å². The van der Waals surface area contributed by atoms with Crippen LogP contribution in [0.4, 0.5) is 4.39 Å². The molecule has 1 heterocycles. The van der Waals surface area contributed by atoms with Crippen LogP contribution in [0.2, 0.25) is 0 Å². The number of carbonyl (C=O) groups is 1. The van der Waals surface area contributed by atoms with Crippen LogP contribution in [0.3, 0.4) is 0 Å². The molecule has 1 aromatic rings. The Balaban J connectivity index is 2.34. The summed E-state index contributed by atoms with van der Waals surface area (Å²) in [6, 6.07) is 2.87. The van der Waals surface area contributed by atoms with Crippen molar-refractivity contribution < 1.29 is 19.0 Å². The lowest BCUT2D eigenvalue weighted by Gasteiger charge is -2.29. The minimum Gasteiger partial charge on any atom is -0.508 e. The van der Waals surface area contributed by atoms with Crippen molar-refractivity contribution >= 4 is 5.97 Å². The van der Waals surface area contributed by atoms with Gasteiger partial charge >= 0.3 is 5.97 Å². The van der Waals surface area contributed by atoms with Gasteiger partial charge in [-0.05, 0) is 38.1 Å². The van der Waals surface area contributed by atoms with Crippen LogP contribution in [0, 0.1) is 5.82 Å². The van der Waals surface area contributed by atoms with Crippen molar-refractivity contribution in [2.75, 3.05) is 32.8 Å². The minimum atomic E-state index is -0.777. The number of phenols is 1. The van der Waals surface area contributed by atoms with Gasteiger partial charge in [-0.3, -0.25) is 4.90 Å². The summed E-state index contributed by atoms with van der Waals surface area (Å²) < 4.78 is 18.6. The van der Waals surface area contributed by atoms with E-state index in [1.54, 1.807) is 6.92 Å². The quantitative estimate of drug-likeness (QED) is 0.823. The lowest BCUT2D eigenvalue weighted by Crippen LogP contribution is -2.37. The zero-order valence-corrected chi connectivity index (χ0v) is 12.1. The number of nitrogens with zero attached hydrogens (tertiary/aromatic N) is 1. The predicted molar refractivity (Wildman–Crippen MR) is 76.5 cm³/mol. The van der Waals surface area contributed by atoms with Gasteiger partial charge in [0.2, 0.25) is 0 Å². The third-order valence-corrected chi connectivity index (χ3v) is 3.53. The second-order valence-electron chi connectivity index (χ2n) is 5.00. The summed E-state index contributed by atoms with van der Waals surface area (Å²) in [5.41, 5.74) is 0.260. The standard InChI is InChI=1S/C15H21FN2O3/c1-2-21-15(20)14(18-8-3-6-17-7-9-18)12-10-11(16)4-5-13(12)19/h4-5,10,14,17,19H,2-3,6-9H2,1H3. The fourth-order valence-corrected chi connectivity index (χ4v) is 2.56. The highest BCUT2D eigenvalue weighted by atomic mass is 19.1. The molecule has 1 fully saturated rings. The van der Waals surface area contributed by atoms with Crippen molar-refractivity contribution in [3.05, 3.63) is 29.6 Å². The maximum atomic E-state index is 13.5. The van der Waals surface area contributed by atoms with E-state index in [0.29, 0.717) is 13.1 Å². The summed E-state index contributed by atoms with van der Waals surface area (Å²) >= 11 is 0. The van der Waals surface area contributed by atoms with E-state index >= 15 is 0 Å². The number of aromatic hydroxyl groups is 1. The first-order valence-corrected chi connectivity index (χ1v) is 7.23. The lowest BCUT2D eigenvalue weighted by molar-refractivity contribution is -0.150. The number of ether oxygens (including phenoxy) is 1. The molecular formula is C15H21FN2O3. The molecule has 1 aliphatic heterocycles. The van der Waals surface area contributed by atoms with Gasteiger partial charge in [-0.25, -0.2) is 9.18 Å². The Morgan fingerprint density at radius 3 is 3.05 bits per heavy atom. The van der Waals surface area contributed by atoms with Crippen LogP contribution < -0.4 is 5.32 Å². The summed E-state index contributed by atoms with van der Waals surface area (Å²) in [6.07, 6.45) is 0.881. The molecule has 0 radical (unpaired) electrons. The van der Waals surface area contributed by atoms with Crippen LogP contribution in [-0.2, 0) is 9.53 Å². The molecule has 0 aromatic heterocycles. The summed E-state index contributed by atoms with van der Waals surface area (Å²) in [5, 5.41) is 13.3. The van der Waals surface area contributed by atoms with Gasteiger partial charge in [0.15, 0.2) is 0 Å². The van der Waals surface area contributed by atoms with Gasteiger partial charge in [0, 0.05) is 25.2 Å².